The number of carbonyl (C=O) groups is 2. The number of benzene rings is 1. The fourth-order valence-corrected chi connectivity index (χ4v) is 3.91. The largest absolute Gasteiger partial charge is 0.287 e. The van der Waals surface area contributed by atoms with Crippen LogP contribution in [0.5, 0.6) is 0 Å². The van der Waals surface area contributed by atoms with Crippen LogP contribution in [0, 0.1) is 0 Å². The average Bonchev–Trinajstić information content (AvgIpc) is 3.07. The summed E-state index contributed by atoms with van der Waals surface area (Å²) >= 11 is 2.63. The number of nitrogens with zero attached hydrogens (tertiary/aromatic N) is 2. The molecule has 0 N–H and O–H groups in total. The first-order chi connectivity index (χ1) is 11.1. The minimum absolute atomic E-state index is 0.0660. The number of aliphatic imine (C=N–C) groups is 1. The molecule has 0 spiro atoms. The number of para-hydroxylation sites is 1. The second-order valence-electron chi connectivity index (χ2n) is 4.89. The van der Waals surface area contributed by atoms with E-state index in [1.54, 1.807) is 22.9 Å². The third-order valence-electron chi connectivity index (χ3n) is 3.30. The number of aromatic nitrogens is 1. The summed E-state index contributed by atoms with van der Waals surface area (Å²) in [6, 6.07) is 7.62. The Balaban J connectivity index is 2.04. The van der Waals surface area contributed by atoms with Crippen LogP contribution in [-0.4, -0.2) is 25.7 Å². The quantitative estimate of drug-likeness (QED) is 0.620. The summed E-state index contributed by atoms with van der Waals surface area (Å²) in [5.74, 6) is 0.652. The fraction of sp³-hybridized carbons (Fsp3) is 0.118. The van der Waals surface area contributed by atoms with Crippen LogP contribution < -0.4 is 0 Å². The van der Waals surface area contributed by atoms with Crippen molar-refractivity contribution in [3.8, 4) is 0 Å². The van der Waals surface area contributed by atoms with Crippen molar-refractivity contribution in [2.75, 3.05) is 5.75 Å². The molecule has 0 saturated heterocycles. The van der Waals surface area contributed by atoms with Crippen LogP contribution in [-0.2, 0) is 4.79 Å². The van der Waals surface area contributed by atoms with E-state index in [0.717, 1.165) is 38.4 Å². The van der Waals surface area contributed by atoms with Crippen LogP contribution in [0.1, 0.15) is 17.3 Å². The number of hydrogen-bond donors (Lipinski definition) is 0. The third-order valence-corrected chi connectivity index (χ3v) is 5.30. The summed E-state index contributed by atoms with van der Waals surface area (Å²) in [5, 5.41) is 0.853. The maximum atomic E-state index is 12.1. The molecule has 23 heavy (non-hydrogen) atoms. The average molecular weight is 342 g/mol. The van der Waals surface area contributed by atoms with Gasteiger partial charge in [-0.05, 0) is 23.9 Å². The summed E-state index contributed by atoms with van der Waals surface area (Å²) in [4.78, 5) is 28.2. The van der Waals surface area contributed by atoms with Gasteiger partial charge in [0.15, 0.2) is 0 Å². The summed E-state index contributed by atoms with van der Waals surface area (Å²) in [7, 11) is 0. The van der Waals surface area contributed by atoms with Gasteiger partial charge in [-0.15, -0.1) is 6.58 Å². The first-order valence-electron chi connectivity index (χ1n) is 6.97. The summed E-state index contributed by atoms with van der Waals surface area (Å²) < 4.78 is 2.32. The minimum Gasteiger partial charge on any atom is -0.287 e. The van der Waals surface area contributed by atoms with Crippen LogP contribution in [0.4, 0.5) is 0 Å². The number of hydrogen-bond acceptors (Lipinski definition) is 5. The molecule has 0 saturated carbocycles. The zero-order valence-electron chi connectivity index (χ0n) is 12.5. The van der Waals surface area contributed by atoms with Gasteiger partial charge in [0, 0.05) is 29.8 Å². The Morgan fingerprint density at radius 2 is 2.22 bits per heavy atom. The Morgan fingerprint density at radius 1 is 1.43 bits per heavy atom. The molecule has 1 aliphatic rings. The van der Waals surface area contributed by atoms with Gasteiger partial charge >= 0.3 is 0 Å². The molecule has 6 heteroatoms. The van der Waals surface area contributed by atoms with Crippen molar-refractivity contribution in [1.29, 1.82) is 0 Å². The molecule has 1 aliphatic heterocycles. The van der Waals surface area contributed by atoms with Crippen LogP contribution in [0.2, 0.25) is 0 Å². The Bertz CT molecular complexity index is 878. The van der Waals surface area contributed by atoms with Crippen LogP contribution in [0.25, 0.3) is 17.0 Å². The Hall–Kier alpha value is -2.05. The molecule has 1 aromatic heterocycles. The highest BCUT2D eigenvalue weighted by molar-refractivity contribution is 8.45. The smallest absolute Gasteiger partial charge is 0.244 e. The molecule has 0 aliphatic carbocycles. The number of rotatable bonds is 3. The predicted octanol–water partition coefficient (Wildman–Crippen LogP) is 4.19. The van der Waals surface area contributed by atoms with Crippen LogP contribution in [0.3, 0.4) is 0 Å². The van der Waals surface area contributed by atoms with Gasteiger partial charge in [-0.1, -0.05) is 36.0 Å². The first-order valence-corrected chi connectivity index (χ1v) is 8.77. The minimum atomic E-state index is -0.0729. The van der Waals surface area contributed by atoms with Gasteiger partial charge in [-0.25, -0.2) is 4.99 Å². The van der Waals surface area contributed by atoms with Gasteiger partial charge < -0.3 is 0 Å². The molecule has 4 nitrogen and oxygen atoms in total. The second-order valence-corrected chi connectivity index (χ2v) is 7.12. The van der Waals surface area contributed by atoms with Gasteiger partial charge in [0.25, 0.3) is 0 Å². The van der Waals surface area contributed by atoms with E-state index in [1.165, 1.54) is 18.7 Å². The van der Waals surface area contributed by atoms with E-state index in [9.17, 15) is 9.59 Å². The Kier molecular flexibility index (Phi) is 4.54. The van der Waals surface area contributed by atoms with E-state index in [2.05, 4.69) is 11.6 Å². The molecule has 0 amide bonds. The van der Waals surface area contributed by atoms with Crippen molar-refractivity contribution < 1.29 is 9.59 Å². The molecule has 2 aromatic rings. The Morgan fingerprint density at radius 3 is 2.96 bits per heavy atom. The van der Waals surface area contributed by atoms with Crippen molar-refractivity contribution in [3.05, 3.63) is 54.4 Å². The summed E-state index contributed by atoms with van der Waals surface area (Å²) in [6.07, 6.45) is 5.28. The zero-order chi connectivity index (χ0) is 16.4. The molecule has 1 aromatic carbocycles. The molecule has 0 unspecified atom stereocenters. The fourth-order valence-electron chi connectivity index (χ4n) is 2.31. The molecular weight excluding hydrogens is 328 g/mol. The molecule has 0 fully saturated rings. The lowest BCUT2D eigenvalue weighted by atomic mass is 10.1. The van der Waals surface area contributed by atoms with E-state index in [0.29, 0.717) is 5.70 Å². The van der Waals surface area contributed by atoms with E-state index in [-0.39, 0.29) is 11.0 Å². The lowest BCUT2D eigenvalue weighted by molar-refractivity contribution is -0.107. The van der Waals surface area contributed by atoms with E-state index < -0.39 is 0 Å². The molecule has 0 bridgehead atoms. The lowest BCUT2D eigenvalue weighted by Gasteiger charge is -1.96. The normalized spacial score (nSPS) is 16.1. The highest BCUT2D eigenvalue weighted by atomic mass is 32.2. The maximum absolute atomic E-state index is 12.1. The zero-order valence-corrected chi connectivity index (χ0v) is 14.1. The van der Waals surface area contributed by atoms with Crippen molar-refractivity contribution in [1.82, 2.24) is 4.57 Å². The highest BCUT2D eigenvalue weighted by Gasteiger charge is 2.22. The second kappa shape index (κ2) is 6.60. The topological polar surface area (TPSA) is 51.4 Å². The Labute approximate surface area is 142 Å². The molecule has 3 rings (SSSR count). The molecular formula is C17H14N2O2S2. The van der Waals surface area contributed by atoms with Crippen molar-refractivity contribution in [2.24, 2.45) is 4.99 Å². The molecule has 2 heterocycles. The predicted molar refractivity (Wildman–Crippen MR) is 98.9 cm³/mol. The van der Waals surface area contributed by atoms with Crippen molar-refractivity contribution >= 4 is 55.9 Å². The third kappa shape index (κ3) is 3.18. The number of carbonyl (C=O) groups excluding carboxylic acids is 2. The maximum Gasteiger partial charge on any atom is 0.244 e. The SMILES string of the molecule is C=CCSC1=N/C(=C/c2cn(C(C)=O)c3ccccc23)C(=O)S1. The van der Waals surface area contributed by atoms with Gasteiger partial charge in [0.2, 0.25) is 11.0 Å². The van der Waals surface area contributed by atoms with E-state index in [4.69, 9.17) is 0 Å². The van der Waals surface area contributed by atoms with Gasteiger partial charge in [-0.2, -0.15) is 0 Å². The monoisotopic (exact) mass is 342 g/mol. The van der Waals surface area contributed by atoms with Gasteiger partial charge in [0.1, 0.15) is 10.1 Å². The van der Waals surface area contributed by atoms with Crippen molar-refractivity contribution in [2.45, 2.75) is 6.92 Å². The summed E-state index contributed by atoms with van der Waals surface area (Å²) in [5.41, 5.74) is 2.06. The highest BCUT2D eigenvalue weighted by Crippen LogP contribution is 2.32. The van der Waals surface area contributed by atoms with Gasteiger partial charge in [0.05, 0.1) is 5.52 Å². The number of thioether (sulfide) groups is 2. The lowest BCUT2D eigenvalue weighted by Crippen LogP contribution is -2.02. The van der Waals surface area contributed by atoms with Crippen molar-refractivity contribution in [3.63, 3.8) is 0 Å². The van der Waals surface area contributed by atoms with E-state index in [1.807, 2.05) is 24.3 Å². The standard InChI is InChI=1S/C17H14N2O2S2/c1-3-8-22-17-18-14(16(21)23-17)9-12-10-19(11(2)20)15-7-5-4-6-13(12)15/h3-7,9-10H,1,8H2,2H3/b14-9+. The summed E-state index contributed by atoms with van der Waals surface area (Å²) in [6.45, 7) is 5.18. The molecule has 0 radical (unpaired) electrons. The molecule has 116 valence electrons. The first kappa shape index (κ1) is 15.8. The van der Waals surface area contributed by atoms with Gasteiger partial charge in [-0.3, -0.25) is 14.2 Å². The van der Waals surface area contributed by atoms with Crippen LogP contribution in [0.15, 0.2) is 53.8 Å². The number of fused-ring (bicyclic) bond motifs is 1. The van der Waals surface area contributed by atoms with E-state index >= 15 is 0 Å². The van der Waals surface area contributed by atoms with Crippen LogP contribution >= 0.6 is 23.5 Å². The molecule has 0 atom stereocenters.